The van der Waals surface area contributed by atoms with Crippen LogP contribution in [0.1, 0.15) is 26.4 Å². The van der Waals surface area contributed by atoms with Crippen LogP contribution in [-0.4, -0.2) is 44.0 Å². The first-order chi connectivity index (χ1) is 15.2. The second kappa shape index (κ2) is 9.11. The van der Waals surface area contributed by atoms with Crippen molar-refractivity contribution in [1.29, 1.82) is 0 Å². The highest BCUT2D eigenvalue weighted by Gasteiger charge is 2.29. The molecule has 0 amide bonds. The van der Waals surface area contributed by atoms with Gasteiger partial charge in [0.1, 0.15) is 5.75 Å². The number of hydrogen-bond acceptors (Lipinski definition) is 5. The van der Waals surface area contributed by atoms with Crippen LogP contribution in [0.5, 0.6) is 5.75 Å². The summed E-state index contributed by atoms with van der Waals surface area (Å²) >= 11 is 1.54. The minimum absolute atomic E-state index is 0.0742. The number of nitrogens with one attached hydrogen (secondary N) is 1. The van der Waals surface area contributed by atoms with Crippen LogP contribution in [0, 0.1) is 31.6 Å². The maximum atomic E-state index is 13.5. The van der Waals surface area contributed by atoms with Crippen LogP contribution >= 0.6 is 11.3 Å². The van der Waals surface area contributed by atoms with E-state index >= 15 is 0 Å². The molecule has 5 heteroatoms. The van der Waals surface area contributed by atoms with Gasteiger partial charge in [-0.3, -0.25) is 9.69 Å². The molecule has 4 nitrogen and oxygen atoms in total. The summed E-state index contributed by atoms with van der Waals surface area (Å²) in [6.45, 7) is 5.14. The van der Waals surface area contributed by atoms with Crippen molar-refractivity contribution in [2.45, 2.75) is 6.54 Å². The highest BCUT2D eigenvalue weighted by atomic mass is 32.1. The summed E-state index contributed by atoms with van der Waals surface area (Å²) in [6, 6.07) is 14.2. The fourth-order valence-electron chi connectivity index (χ4n) is 4.21. The number of rotatable bonds is 6. The number of hydrogen-bond donors (Lipinski definition) is 1. The lowest BCUT2D eigenvalue weighted by Gasteiger charge is -2.27. The Morgan fingerprint density at radius 1 is 1.06 bits per heavy atom. The van der Waals surface area contributed by atoms with E-state index in [0.29, 0.717) is 0 Å². The molecule has 3 aromatic rings. The minimum atomic E-state index is 0.0742. The van der Waals surface area contributed by atoms with Gasteiger partial charge in [0.15, 0.2) is 0 Å². The number of carbonyl (C=O) groups is 1. The molecule has 31 heavy (non-hydrogen) atoms. The summed E-state index contributed by atoms with van der Waals surface area (Å²) in [5.41, 5.74) is 2.99. The maximum Gasteiger partial charge on any atom is 0.203 e. The lowest BCUT2D eigenvalue weighted by atomic mass is 9.92. The standard InChI is InChI=1S/C26H25N2O2S/c1-30-21-10-11-22-23(16-21)31-26(24(22)19-4-2-3-5-19)25(29)20-8-6-18(7-9-20)17-28-14-12-27-13-15-28/h2-11,16,27H,12-15,17H2,1H3. The van der Waals surface area contributed by atoms with Crippen LogP contribution in [0.3, 0.4) is 0 Å². The Morgan fingerprint density at radius 2 is 1.81 bits per heavy atom. The molecular weight excluding hydrogens is 404 g/mol. The number of carbonyl (C=O) groups excluding carboxylic acids is 1. The Morgan fingerprint density at radius 3 is 2.52 bits per heavy atom. The van der Waals surface area contributed by atoms with E-state index in [4.69, 9.17) is 4.74 Å². The third kappa shape index (κ3) is 4.27. The highest BCUT2D eigenvalue weighted by molar-refractivity contribution is 7.21. The van der Waals surface area contributed by atoms with Gasteiger partial charge in [-0.2, -0.15) is 0 Å². The summed E-state index contributed by atoms with van der Waals surface area (Å²) < 4.78 is 6.46. The van der Waals surface area contributed by atoms with Gasteiger partial charge in [0.2, 0.25) is 5.78 Å². The van der Waals surface area contributed by atoms with E-state index < -0.39 is 0 Å². The second-order valence-electron chi connectivity index (χ2n) is 7.89. The van der Waals surface area contributed by atoms with E-state index in [1.54, 1.807) is 18.4 Å². The summed E-state index contributed by atoms with van der Waals surface area (Å²) in [4.78, 5) is 16.8. The molecule has 0 bridgehead atoms. The van der Waals surface area contributed by atoms with Gasteiger partial charge in [-0.25, -0.2) is 0 Å². The number of fused-ring (bicyclic) bond motifs is 1. The zero-order valence-corrected chi connectivity index (χ0v) is 18.4. The van der Waals surface area contributed by atoms with E-state index in [1.165, 1.54) is 5.56 Å². The van der Waals surface area contributed by atoms with E-state index in [9.17, 15) is 4.79 Å². The van der Waals surface area contributed by atoms with E-state index in [2.05, 4.69) is 41.3 Å². The molecule has 5 rings (SSSR count). The molecule has 157 valence electrons. The first-order valence-corrected chi connectivity index (χ1v) is 11.4. The smallest absolute Gasteiger partial charge is 0.203 e. The van der Waals surface area contributed by atoms with Crippen molar-refractivity contribution in [3.8, 4) is 5.75 Å². The number of methoxy groups -OCH3 is 1. The minimum Gasteiger partial charge on any atom is -0.497 e. The zero-order chi connectivity index (χ0) is 21.2. The van der Waals surface area contributed by atoms with Gasteiger partial charge in [0.05, 0.1) is 12.0 Å². The van der Waals surface area contributed by atoms with Crippen LogP contribution in [-0.2, 0) is 6.54 Å². The van der Waals surface area contributed by atoms with Gasteiger partial charge < -0.3 is 10.1 Å². The summed E-state index contributed by atoms with van der Waals surface area (Å²) in [6.07, 6.45) is 8.17. The molecule has 1 aliphatic carbocycles. The lowest BCUT2D eigenvalue weighted by molar-refractivity contribution is 0.104. The fraction of sp³-hybridized carbons (Fsp3) is 0.231. The highest BCUT2D eigenvalue weighted by Crippen LogP contribution is 2.43. The van der Waals surface area contributed by atoms with Gasteiger partial charge >= 0.3 is 0 Å². The second-order valence-corrected chi connectivity index (χ2v) is 8.95. The molecule has 2 heterocycles. The average molecular weight is 430 g/mol. The molecule has 1 aliphatic heterocycles. The van der Waals surface area contributed by atoms with Crippen LogP contribution in [0.2, 0.25) is 0 Å². The lowest BCUT2D eigenvalue weighted by Crippen LogP contribution is -2.42. The molecule has 2 aromatic carbocycles. The Labute approximate surface area is 188 Å². The normalized spacial score (nSPS) is 18.0. The number of nitrogens with zero attached hydrogens (tertiary/aromatic N) is 1. The third-order valence-corrected chi connectivity index (χ3v) is 7.04. The number of benzene rings is 2. The number of piperazine rings is 1. The van der Waals surface area contributed by atoms with Gasteiger partial charge in [-0.15, -0.1) is 11.3 Å². The monoisotopic (exact) mass is 429 g/mol. The van der Waals surface area contributed by atoms with Crippen molar-refractivity contribution in [1.82, 2.24) is 10.2 Å². The molecule has 2 aliphatic rings. The van der Waals surface area contributed by atoms with Crippen LogP contribution in [0.25, 0.3) is 10.1 Å². The third-order valence-electron chi connectivity index (χ3n) is 5.89. The molecule has 5 radical (unpaired) electrons. The zero-order valence-electron chi connectivity index (χ0n) is 17.6. The largest absolute Gasteiger partial charge is 0.497 e. The first kappa shape index (κ1) is 20.7. The Hall–Kier alpha value is -2.21. The number of ether oxygens (including phenoxy) is 1. The van der Waals surface area contributed by atoms with Gasteiger partial charge in [0.25, 0.3) is 0 Å². The van der Waals surface area contributed by atoms with Gasteiger partial charge in [0, 0.05) is 48.9 Å². The van der Waals surface area contributed by atoms with Crippen LogP contribution < -0.4 is 10.1 Å². The SMILES string of the molecule is COc1ccc2c([C]3[CH][CH][CH][CH]3)c(C(=O)c3ccc(CN4CCNCC4)cc3)sc2c1. The molecular formula is C26H25N2O2S. The van der Waals surface area contributed by atoms with Crippen molar-refractivity contribution in [3.05, 3.63) is 95.6 Å². The van der Waals surface area contributed by atoms with Crippen LogP contribution in [0.15, 0.2) is 42.5 Å². The Kier molecular flexibility index (Phi) is 6.08. The molecule has 1 saturated carbocycles. The number of thiophene rings is 1. The van der Waals surface area contributed by atoms with E-state index in [0.717, 1.165) is 70.5 Å². The molecule has 0 atom stereocenters. The van der Waals surface area contributed by atoms with Gasteiger partial charge in [-0.1, -0.05) is 24.3 Å². The maximum absolute atomic E-state index is 13.5. The van der Waals surface area contributed by atoms with Gasteiger partial charge in [-0.05, 0) is 60.4 Å². The number of ketones is 1. The molecule has 2 fully saturated rings. The van der Waals surface area contributed by atoms with E-state index in [-0.39, 0.29) is 5.78 Å². The molecule has 1 saturated heterocycles. The summed E-state index contributed by atoms with van der Waals surface area (Å²) in [7, 11) is 1.67. The van der Waals surface area contributed by atoms with Crippen LogP contribution in [0.4, 0.5) is 0 Å². The summed E-state index contributed by atoms with van der Waals surface area (Å²) in [5, 5.41) is 4.48. The average Bonchev–Trinajstić information content (AvgIpc) is 3.47. The van der Waals surface area contributed by atoms with Crippen molar-refractivity contribution in [2.24, 2.45) is 0 Å². The molecule has 0 spiro atoms. The predicted octanol–water partition coefficient (Wildman–Crippen LogP) is 4.30. The van der Waals surface area contributed by atoms with Crippen molar-refractivity contribution in [2.75, 3.05) is 33.3 Å². The summed E-state index contributed by atoms with van der Waals surface area (Å²) in [5.74, 6) is 1.96. The van der Waals surface area contributed by atoms with E-state index in [1.807, 2.05) is 37.1 Å². The molecule has 1 aromatic heterocycles. The molecule has 0 unspecified atom stereocenters. The van der Waals surface area contributed by atoms with Crippen molar-refractivity contribution in [3.63, 3.8) is 0 Å². The van der Waals surface area contributed by atoms with Crippen molar-refractivity contribution < 1.29 is 9.53 Å². The predicted molar refractivity (Wildman–Crippen MR) is 126 cm³/mol. The Balaban J connectivity index is 1.45. The fourth-order valence-corrected chi connectivity index (χ4v) is 5.43. The Bertz CT molecular complexity index is 1060. The topological polar surface area (TPSA) is 41.6 Å². The quantitative estimate of drug-likeness (QED) is 0.594. The van der Waals surface area contributed by atoms with Crippen molar-refractivity contribution >= 4 is 27.2 Å². The molecule has 1 N–H and O–H groups in total. The first-order valence-electron chi connectivity index (χ1n) is 10.6.